The maximum absolute atomic E-state index is 12.8. The summed E-state index contributed by atoms with van der Waals surface area (Å²) >= 11 is 1.26. The fourth-order valence-corrected chi connectivity index (χ4v) is 4.52. The first kappa shape index (κ1) is 21.7. The van der Waals surface area contributed by atoms with Crippen LogP contribution in [0.25, 0.3) is 10.6 Å². The number of amides is 2. The first-order valence-corrected chi connectivity index (χ1v) is 11.2. The van der Waals surface area contributed by atoms with Gasteiger partial charge in [0.2, 0.25) is 0 Å². The molecule has 1 aliphatic heterocycles. The molecule has 1 N–H and O–H groups in total. The first-order chi connectivity index (χ1) is 15.5. The molecule has 1 unspecified atom stereocenters. The van der Waals surface area contributed by atoms with Crippen LogP contribution in [0.4, 0.5) is 0 Å². The van der Waals surface area contributed by atoms with Gasteiger partial charge in [0.15, 0.2) is 0 Å². The molecule has 0 radical (unpaired) electrons. The van der Waals surface area contributed by atoms with Crippen molar-refractivity contribution in [3.8, 4) is 10.6 Å². The number of esters is 1. The number of hydrogen-bond donors (Lipinski definition) is 1. The van der Waals surface area contributed by atoms with Crippen molar-refractivity contribution < 1.29 is 19.1 Å². The van der Waals surface area contributed by atoms with E-state index in [9.17, 15) is 14.4 Å². The Labute approximate surface area is 190 Å². The number of thiazole rings is 1. The summed E-state index contributed by atoms with van der Waals surface area (Å²) in [5.74, 6) is -0.653. The van der Waals surface area contributed by atoms with Crippen molar-refractivity contribution in [3.63, 3.8) is 0 Å². The number of benzene rings is 2. The van der Waals surface area contributed by atoms with Crippen molar-refractivity contribution in [2.24, 2.45) is 0 Å². The van der Waals surface area contributed by atoms with E-state index in [-0.39, 0.29) is 17.9 Å². The molecule has 0 aliphatic carbocycles. The first-order valence-electron chi connectivity index (χ1n) is 10.3. The summed E-state index contributed by atoms with van der Waals surface area (Å²) in [4.78, 5) is 43.9. The maximum atomic E-state index is 12.8. The highest BCUT2D eigenvalue weighted by Crippen LogP contribution is 2.26. The molecule has 1 atom stereocenters. The van der Waals surface area contributed by atoms with Crippen molar-refractivity contribution in [1.82, 2.24) is 15.2 Å². The van der Waals surface area contributed by atoms with Gasteiger partial charge in [-0.2, -0.15) is 0 Å². The minimum absolute atomic E-state index is 0.0184. The molecule has 2 amide bonds. The van der Waals surface area contributed by atoms with Crippen LogP contribution in [0.15, 0.2) is 60.8 Å². The third kappa shape index (κ3) is 4.86. The predicted molar refractivity (Wildman–Crippen MR) is 122 cm³/mol. The van der Waals surface area contributed by atoms with Gasteiger partial charge >= 0.3 is 5.97 Å². The molecule has 1 aromatic heterocycles. The second-order valence-electron chi connectivity index (χ2n) is 7.53. The number of nitrogens with one attached hydrogen (secondary N) is 1. The van der Waals surface area contributed by atoms with Gasteiger partial charge in [0.05, 0.1) is 18.9 Å². The molecule has 2 aromatic carbocycles. The Morgan fingerprint density at radius 1 is 1.09 bits per heavy atom. The second kappa shape index (κ2) is 9.74. The van der Waals surface area contributed by atoms with E-state index < -0.39 is 5.97 Å². The van der Waals surface area contributed by atoms with Gasteiger partial charge in [-0.05, 0) is 37.1 Å². The van der Waals surface area contributed by atoms with Gasteiger partial charge in [0.25, 0.3) is 11.8 Å². The van der Waals surface area contributed by atoms with Gasteiger partial charge in [0, 0.05) is 30.3 Å². The van der Waals surface area contributed by atoms with E-state index in [0.29, 0.717) is 34.1 Å². The lowest BCUT2D eigenvalue weighted by Crippen LogP contribution is -2.49. The number of carbonyl (C=O) groups excluding carboxylic acids is 3. The van der Waals surface area contributed by atoms with E-state index in [4.69, 9.17) is 4.74 Å². The Hall–Kier alpha value is -3.52. The van der Waals surface area contributed by atoms with Gasteiger partial charge in [-0.15, -0.1) is 11.3 Å². The molecule has 0 spiro atoms. The quantitative estimate of drug-likeness (QED) is 0.601. The SMILES string of the molecule is COC(=O)c1cccc(-c2ncc(C(=O)NC3CCCN(C(=O)c4ccccc4)C3)s2)c1. The predicted octanol–water partition coefficient (Wildman–Crippen LogP) is 3.63. The van der Waals surface area contributed by atoms with Crippen LogP contribution in [0, 0.1) is 0 Å². The molecule has 8 heteroatoms. The third-order valence-electron chi connectivity index (χ3n) is 5.32. The van der Waals surface area contributed by atoms with Crippen LogP contribution in [0.5, 0.6) is 0 Å². The Bertz CT molecular complexity index is 1130. The summed E-state index contributed by atoms with van der Waals surface area (Å²) in [5, 5.41) is 3.68. The summed E-state index contributed by atoms with van der Waals surface area (Å²) < 4.78 is 4.76. The van der Waals surface area contributed by atoms with Gasteiger partial charge in [-0.1, -0.05) is 30.3 Å². The average Bonchev–Trinajstić information content (AvgIpc) is 3.34. The highest BCUT2D eigenvalue weighted by molar-refractivity contribution is 7.16. The Morgan fingerprint density at radius 2 is 1.88 bits per heavy atom. The number of carbonyl (C=O) groups is 3. The molecule has 0 saturated carbocycles. The number of ether oxygens (including phenoxy) is 1. The summed E-state index contributed by atoms with van der Waals surface area (Å²) in [5.41, 5.74) is 1.83. The zero-order valence-corrected chi connectivity index (χ0v) is 18.4. The lowest BCUT2D eigenvalue weighted by atomic mass is 10.0. The number of aromatic nitrogens is 1. The lowest BCUT2D eigenvalue weighted by Gasteiger charge is -2.33. The Balaban J connectivity index is 1.41. The zero-order valence-electron chi connectivity index (χ0n) is 17.6. The van der Waals surface area contributed by atoms with Crippen LogP contribution in [0.1, 0.15) is 43.2 Å². The van der Waals surface area contributed by atoms with E-state index in [1.165, 1.54) is 24.6 Å². The highest BCUT2D eigenvalue weighted by atomic mass is 32.1. The third-order valence-corrected chi connectivity index (χ3v) is 6.37. The molecular weight excluding hydrogens is 426 g/mol. The van der Waals surface area contributed by atoms with Crippen molar-refractivity contribution >= 4 is 29.1 Å². The number of nitrogens with zero attached hydrogens (tertiary/aromatic N) is 2. The summed E-state index contributed by atoms with van der Waals surface area (Å²) in [7, 11) is 1.33. The molecule has 3 aromatic rings. The molecule has 32 heavy (non-hydrogen) atoms. The van der Waals surface area contributed by atoms with Gasteiger partial charge in [-0.3, -0.25) is 9.59 Å². The fraction of sp³-hybridized carbons (Fsp3) is 0.250. The molecule has 164 valence electrons. The molecule has 2 heterocycles. The summed E-state index contributed by atoms with van der Waals surface area (Å²) in [6, 6.07) is 16.0. The van der Waals surface area contributed by atoms with E-state index in [1.807, 2.05) is 24.3 Å². The van der Waals surface area contributed by atoms with Crippen LogP contribution in [-0.2, 0) is 4.74 Å². The fourth-order valence-electron chi connectivity index (χ4n) is 3.71. The Morgan fingerprint density at radius 3 is 2.66 bits per heavy atom. The van der Waals surface area contributed by atoms with E-state index in [1.54, 1.807) is 35.2 Å². The molecular formula is C24H23N3O4S. The monoisotopic (exact) mass is 449 g/mol. The minimum atomic E-state index is -0.423. The summed E-state index contributed by atoms with van der Waals surface area (Å²) in [6.45, 7) is 1.16. The van der Waals surface area contributed by atoms with Crippen LogP contribution in [-0.4, -0.2) is 53.9 Å². The highest BCUT2D eigenvalue weighted by Gasteiger charge is 2.26. The smallest absolute Gasteiger partial charge is 0.337 e. The van der Waals surface area contributed by atoms with Gasteiger partial charge in [-0.25, -0.2) is 9.78 Å². The lowest BCUT2D eigenvalue weighted by molar-refractivity contribution is 0.0600. The normalized spacial score (nSPS) is 15.8. The van der Waals surface area contributed by atoms with Crippen LogP contribution in [0.2, 0.25) is 0 Å². The van der Waals surface area contributed by atoms with Crippen LogP contribution >= 0.6 is 11.3 Å². The zero-order chi connectivity index (χ0) is 22.5. The molecule has 1 saturated heterocycles. The standard InChI is InChI=1S/C24H23N3O4S/c1-31-24(30)18-10-5-9-17(13-18)22-25-14-20(32-22)21(28)26-19-11-6-12-27(15-19)23(29)16-7-3-2-4-8-16/h2-5,7-10,13-14,19H,6,11-12,15H2,1H3,(H,26,28). The number of hydrogen-bond acceptors (Lipinski definition) is 6. The largest absolute Gasteiger partial charge is 0.465 e. The van der Waals surface area contributed by atoms with Crippen molar-refractivity contribution in [3.05, 3.63) is 76.8 Å². The minimum Gasteiger partial charge on any atom is -0.465 e. The molecule has 1 fully saturated rings. The van der Waals surface area contributed by atoms with Crippen LogP contribution in [0.3, 0.4) is 0 Å². The number of methoxy groups -OCH3 is 1. The topological polar surface area (TPSA) is 88.6 Å². The number of piperidine rings is 1. The van der Waals surface area contributed by atoms with E-state index in [2.05, 4.69) is 10.3 Å². The second-order valence-corrected chi connectivity index (χ2v) is 8.56. The average molecular weight is 450 g/mol. The number of likely N-dealkylation sites (tertiary alicyclic amines) is 1. The van der Waals surface area contributed by atoms with Gasteiger partial charge in [0.1, 0.15) is 9.88 Å². The van der Waals surface area contributed by atoms with Crippen molar-refractivity contribution in [1.29, 1.82) is 0 Å². The Kier molecular flexibility index (Phi) is 6.61. The van der Waals surface area contributed by atoms with Crippen LogP contribution < -0.4 is 5.32 Å². The molecule has 0 bridgehead atoms. The van der Waals surface area contributed by atoms with E-state index >= 15 is 0 Å². The molecule has 1 aliphatic rings. The summed E-state index contributed by atoms with van der Waals surface area (Å²) in [6.07, 6.45) is 3.19. The van der Waals surface area contributed by atoms with E-state index in [0.717, 1.165) is 18.4 Å². The molecule has 7 nitrogen and oxygen atoms in total. The van der Waals surface area contributed by atoms with Gasteiger partial charge < -0.3 is 15.0 Å². The van der Waals surface area contributed by atoms with Crippen molar-refractivity contribution in [2.45, 2.75) is 18.9 Å². The maximum Gasteiger partial charge on any atom is 0.337 e. The van der Waals surface area contributed by atoms with Crippen molar-refractivity contribution in [2.75, 3.05) is 20.2 Å². The number of rotatable bonds is 5. The molecule has 4 rings (SSSR count).